The van der Waals surface area contributed by atoms with E-state index in [0.717, 1.165) is 0 Å². The van der Waals surface area contributed by atoms with Gasteiger partial charge in [0, 0.05) is 0 Å². The lowest BCUT2D eigenvalue weighted by Crippen LogP contribution is -2.22. The normalized spacial score (nSPS) is 18.8. The lowest BCUT2D eigenvalue weighted by atomic mass is 10.3. The summed E-state index contributed by atoms with van der Waals surface area (Å²) in [7, 11) is -2.86. The lowest BCUT2D eigenvalue weighted by Gasteiger charge is -2.09. The molecule has 1 rings (SSSR count). The Morgan fingerprint density at radius 1 is 1.33 bits per heavy atom. The minimum atomic E-state index is -2.86. The monoisotopic (exact) mass is 189 g/mol. The maximum atomic E-state index is 11.5. The Balaban J connectivity index is 2.48. The van der Waals surface area contributed by atoms with Gasteiger partial charge in [0.15, 0.2) is 9.84 Å². The largest absolute Gasteiger partial charge is 0.330 e. The van der Waals surface area contributed by atoms with Crippen molar-refractivity contribution in [3.63, 3.8) is 0 Å². The second-order valence-corrected chi connectivity index (χ2v) is 5.47. The fraction of sp³-hybridized carbons (Fsp3) is 0.750. The summed E-state index contributed by atoms with van der Waals surface area (Å²) in [6.07, 6.45) is 5.83. The van der Waals surface area contributed by atoms with Gasteiger partial charge < -0.3 is 5.73 Å². The van der Waals surface area contributed by atoms with Crippen molar-refractivity contribution in [3.05, 3.63) is 12.2 Å². The van der Waals surface area contributed by atoms with Crippen LogP contribution < -0.4 is 5.73 Å². The van der Waals surface area contributed by atoms with Crippen LogP contribution in [0.25, 0.3) is 0 Å². The summed E-state index contributed by atoms with van der Waals surface area (Å²) in [5, 5.41) is -0.163. The molecule has 0 radical (unpaired) electrons. The van der Waals surface area contributed by atoms with E-state index in [1.165, 1.54) is 0 Å². The molecule has 0 aliphatic heterocycles. The van der Waals surface area contributed by atoms with E-state index in [1.807, 2.05) is 12.2 Å². The maximum absolute atomic E-state index is 11.5. The third kappa shape index (κ3) is 2.32. The van der Waals surface area contributed by atoms with Crippen LogP contribution >= 0.6 is 0 Å². The van der Waals surface area contributed by atoms with Crippen molar-refractivity contribution in [2.45, 2.75) is 24.5 Å². The molecule has 3 nitrogen and oxygen atoms in total. The molecule has 0 aromatic carbocycles. The van der Waals surface area contributed by atoms with Gasteiger partial charge in [-0.1, -0.05) is 12.2 Å². The van der Waals surface area contributed by atoms with Crippen molar-refractivity contribution in [3.8, 4) is 0 Å². The highest BCUT2D eigenvalue weighted by molar-refractivity contribution is 7.92. The zero-order chi connectivity index (χ0) is 9.03. The summed E-state index contributed by atoms with van der Waals surface area (Å²) in [4.78, 5) is 0. The molecule has 1 aliphatic carbocycles. The molecule has 12 heavy (non-hydrogen) atoms. The predicted molar refractivity (Wildman–Crippen MR) is 49.6 cm³/mol. The highest BCUT2D eigenvalue weighted by Crippen LogP contribution is 2.19. The molecule has 0 unspecified atom stereocenters. The van der Waals surface area contributed by atoms with E-state index >= 15 is 0 Å². The summed E-state index contributed by atoms with van der Waals surface area (Å²) in [5.41, 5.74) is 5.25. The number of rotatable bonds is 4. The maximum Gasteiger partial charge on any atom is 0.153 e. The topological polar surface area (TPSA) is 60.2 Å². The molecule has 0 saturated heterocycles. The predicted octanol–water partition coefficient (Wildman–Crippen LogP) is 0.469. The molecule has 0 amide bonds. The summed E-state index contributed by atoms with van der Waals surface area (Å²) >= 11 is 0. The van der Waals surface area contributed by atoms with Crippen LogP contribution in [0.5, 0.6) is 0 Å². The second-order valence-electron chi connectivity index (χ2n) is 3.07. The van der Waals surface area contributed by atoms with Crippen molar-refractivity contribution >= 4 is 9.84 Å². The summed E-state index contributed by atoms with van der Waals surface area (Å²) in [6.45, 7) is 0.458. The average molecular weight is 189 g/mol. The third-order valence-corrected chi connectivity index (χ3v) is 4.36. The summed E-state index contributed by atoms with van der Waals surface area (Å²) in [5.74, 6) is 0.246. The molecule has 1 aliphatic rings. The van der Waals surface area contributed by atoms with Crippen molar-refractivity contribution in [2.75, 3.05) is 12.3 Å². The Morgan fingerprint density at radius 2 is 1.92 bits per heavy atom. The van der Waals surface area contributed by atoms with Gasteiger partial charge in [0.05, 0.1) is 11.0 Å². The number of sulfone groups is 1. The third-order valence-electron chi connectivity index (χ3n) is 2.11. The molecular formula is C8H15NO2S. The molecule has 0 bridgehead atoms. The van der Waals surface area contributed by atoms with Crippen molar-refractivity contribution in [1.82, 2.24) is 0 Å². The van der Waals surface area contributed by atoms with Gasteiger partial charge in [-0.3, -0.25) is 0 Å². The molecule has 2 N–H and O–H groups in total. The number of nitrogens with two attached hydrogens (primary N) is 1. The van der Waals surface area contributed by atoms with Crippen LogP contribution in [-0.4, -0.2) is 26.0 Å². The first kappa shape index (κ1) is 9.74. The van der Waals surface area contributed by atoms with Gasteiger partial charge >= 0.3 is 0 Å². The van der Waals surface area contributed by atoms with E-state index in [1.54, 1.807) is 0 Å². The van der Waals surface area contributed by atoms with Crippen molar-refractivity contribution < 1.29 is 8.42 Å². The SMILES string of the molecule is NCCCS(=O)(=O)C1CC=CC1. The molecule has 0 aromatic rings. The highest BCUT2D eigenvalue weighted by atomic mass is 32.2. The Morgan fingerprint density at radius 3 is 2.42 bits per heavy atom. The van der Waals surface area contributed by atoms with E-state index in [9.17, 15) is 8.42 Å². The quantitative estimate of drug-likeness (QED) is 0.654. The van der Waals surface area contributed by atoms with Gasteiger partial charge in [-0.05, 0) is 25.8 Å². The number of hydrogen-bond donors (Lipinski definition) is 1. The zero-order valence-electron chi connectivity index (χ0n) is 7.07. The lowest BCUT2D eigenvalue weighted by molar-refractivity contribution is 0.579. The molecular weight excluding hydrogens is 174 g/mol. The van der Waals surface area contributed by atoms with E-state index in [-0.39, 0.29) is 11.0 Å². The first-order valence-corrected chi connectivity index (χ1v) is 5.95. The Hall–Kier alpha value is -0.350. The van der Waals surface area contributed by atoms with Gasteiger partial charge in [0.1, 0.15) is 0 Å². The minimum absolute atomic E-state index is 0.163. The zero-order valence-corrected chi connectivity index (χ0v) is 7.89. The molecule has 0 fully saturated rings. The van der Waals surface area contributed by atoms with Crippen molar-refractivity contribution in [1.29, 1.82) is 0 Å². The smallest absolute Gasteiger partial charge is 0.153 e. The Bertz CT molecular complexity index is 248. The van der Waals surface area contributed by atoms with Gasteiger partial charge in [-0.15, -0.1) is 0 Å². The van der Waals surface area contributed by atoms with Crippen molar-refractivity contribution in [2.24, 2.45) is 5.73 Å². The molecule has 0 heterocycles. The van der Waals surface area contributed by atoms with Crippen LogP contribution in [0.1, 0.15) is 19.3 Å². The number of allylic oxidation sites excluding steroid dienone is 2. The molecule has 4 heteroatoms. The minimum Gasteiger partial charge on any atom is -0.330 e. The average Bonchev–Trinajstić information content (AvgIpc) is 2.53. The Labute approximate surface area is 73.6 Å². The van der Waals surface area contributed by atoms with Crippen LogP contribution in [0.15, 0.2) is 12.2 Å². The van der Waals surface area contributed by atoms with Crippen LogP contribution in [0.2, 0.25) is 0 Å². The summed E-state index contributed by atoms with van der Waals surface area (Å²) in [6, 6.07) is 0. The van der Waals surface area contributed by atoms with E-state index in [2.05, 4.69) is 0 Å². The van der Waals surface area contributed by atoms with Gasteiger partial charge in [-0.2, -0.15) is 0 Å². The van der Waals surface area contributed by atoms with E-state index in [0.29, 0.717) is 25.8 Å². The molecule has 0 atom stereocenters. The highest BCUT2D eigenvalue weighted by Gasteiger charge is 2.24. The van der Waals surface area contributed by atoms with Crippen LogP contribution in [0.3, 0.4) is 0 Å². The molecule has 0 saturated carbocycles. The van der Waals surface area contributed by atoms with Gasteiger partial charge in [0.25, 0.3) is 0 Å². The van der Waals surface area contributed by atoms with Crippen LogP contribution in [0.4, 0.5) is 0 Å². The standard InChI is InChI=1S/C8H15NO2S/c9-6-3-7-12(10,11)8-4-1-2-5-8/h1-2,8H,3-7,9H2. The first-order valence-electron chi connectivity index (χ1n) is 4.23. The van der Waals surface area contributed by atoms with Crippen LogP contribution in [-0.2, 0) is 9.84 Å². The molecule has 0 spiro atoms. The fourth-order valence-electron chi connectivity index (χ4n) is 1.34. The number of hydrogen-bond acceptors (Lipinski definition) is 3. The Kier molecular flexibility index (Phi) is 3.29. The van der Waals surface area contributed by atoms with Gasteiger partial charge in [0.2, 0.25) is 0 Å². The van der Waals surface area contributed by atoms with Crippen LogP contribution in [0, 0.1) is 0 Å². The van der Waals surface area contributed by atoms with Gasteiger partial charge in [-0.25, -0.2) is 8.42 Å². The molecule has 70 valence electrons. The fourth-order valence-corrected chi connectivity index (χ4v) is 3.05. The first-order chi connectivity index (χ1) is 5.67. The second kappa shape index (κ2) is 4.05. The summed E-state index contributed by atoms with van der Waals surface area (Å²) < 4.78 is 23.0. The van der Waals surface area contributed by atoms with E-state index < -0.39 is 9.84 Å². The molecule has 0 aromatic heterocycles. The van der Waals surface area contributed by atoms with E-state index in [4.69, 9.17) is 5.73 Å².